The Morgan fingerprint density at radius 3 is 2.81 bits per heavy atom. The first-order valence-corrected chi connectivity index (χ1v) is 6.89. The summed E-state index contributed by atoms with van der Waals surface area (Å²) < 4.78 is 31.6. The summed E-state index contributed by atoms with van der Waals surface area (Å²) in [5.41, 5.74) is 0.341. The molecule has 0 radical (unpaired) electrons. The van der Waals surface area contributed by atoms with Crippen LogP contribution in [0.1, 0.15) is 17.3 Å². The van der Waals surface area contributed by atoms with Crippen molar-refractivity contribution in [2.24, 2.45) is 0 Å². The van der Waals surface area contributed by atoms with Crippen molar-refractivity contribution in [2.45, 2.75) is 13.0 Å². The fourth-order valence-electron chi connectivity index (χ4n) is 2.32. The van der Waals surface area contributed by atoms with Crippen molar-refractivity contribution in [2.75, 3.05) is 26.2 Å². The fourth-order valence-corrected chi connectivity index (χ4v) is 2.32. The summed E-state index contributed by atoms with van der Waals surface area (Å²) in [6, 6.07) is 3.47. The molecule has 0 atom stereocenters. The molecule has 1 aromatic heterocycles. The molecule has 0 aliphatic carbocycles. The average molecular weight is 294 g/mol. The van der Waals surface area contributed by atoms with Gasteiger partial charge < -0.3 is 9.84 Å². The van der Waals surface area contributed by atoms with Gasteiger partial charge in [0.05, 0.1) is 13.0 Å². The molecule has 112 valence electrons. The number of piperazine rings is 1. The van der Waals surface area contributed by atoms with Gasteiger partial charge in [0.15, 0.2) is 5.82 Å². The first-order valence-electron chi connectivity index (χ1n) is 6.89. The standard InChI is InChI=1S/C14H16F2N4O/c15-11-2-1-10(12(16)8-11)7-14-18-13(19-21-14)9-20-5-3-17-4-6-20/h1-2,8,17H,3-7,9H2. The number of nitrogens with one attached hydrogen (secondary N) is 1. The number of aromatic nitrogens is 2. The van der Waals surface area contributed by atoms with Crippen LogP contribution in [-0.4, -0.2) is 41.2 Å². The highest BCUT2D eigenvalue weighted by molar-refractivity contribution is 5.21. The Bertz CT molecular complexity index is 611. The minimum Gasteiger partial charge on any atom is -0.339 e. The van der Waals surface area contributed by atoms with Crippen molar-refractivity contribution in [1.82, 2.24) is 20.4 Å². The molecule has 1 fully saturated rings. The van der Waals surface area contributed by atoms with Crippen molar-refractivity contribution >= 4 is 0 Å². The second-order valence-electron chi connectivity index (χ2n) is 5.04. The molecule has 0 saturated carbocycles. The molecule has 0 amide bonds. The van der Waals surface area contributed by atoms with Crippen molar-refractivity contribution in [3.63, 3.8) is 0 Å². The van der Waals surface area contributed by atoms with Crippen LogP contribution >= 0.6 is 0 Å². The maximum Gasteiger partial charge on any atom is 0.231 e. The van der Waals surface area contributed by atoms with E-state index >= 15 is 0 Å². The van der Waals surface area contributed by atoms with Gasteiger partial charge in [0.1, 0.15) is 11.6 Å². The third kappa shape index (κ3) is 3.62. The Morgan fingerprint density at radius 2 is 2.05 bits per heavy atom. The van der Waals surface area contributed by atoms with Gasteiger partial charge in [-0.2, -0.15) is 4.98 Å². The van der Waals surface area contributed by atoms with Crippen LogP contribution in [0.25, 0.3) is 0 Å². The minimum atomic E-state index is -0.600. The summed E-state index contributed by atoms with van der Waals surface area (Å²) in [5.74, 6) is -0.266. The third-order valence-electron chi connectivity index (χ3n) is 3.44. The number of benzene rings is 1. The van der Waals surface area contributed by atoms with Crippen LogP contribution in [0.5, 0.6) is 0 Å². The van der Waals surface area contributed by atoms with Crippen molar-refractivity contribution < 1.29 is 13.3 Å². The van der Waals surface area contributed by atoms with Crippen molar-refractivity contribution in [1.29, 1.82) is 0 Å². The van der Waals surface area contributed by atoms with Crippen LogP contribution in [0.2, 0.25) is 0 Å². The SMILES string of the molecule is Fc1ccc(Cc2nc(CN3CCNCC3)no2)c(F)c1. The van der Waals surface area contributed by atoms with E-state index in [1.807, 2.05) is 0 Å². The predicted octanol–water partition coefficient (Wildman–Crippen LogP) is 1.34. The molecule has 2 aromatic rings. The second kappa shape index (κ2) is 6.28. The van der Waals surface area contributed by atoms with E-state index in [0.717, 1.165) is 32.2 Å². The van der Waals surface area contributed by atoms with Crippen LogP contribution in [0, 0.1) is 11.6 Å². The molecule has 21 heavy (non-hydrogen) atoms. The largest absolute Gasteiger partial charge is 0.339 e. The summed E-state index contributed by atoms with van der Waals surface area (Å²) in [6.07, 6.45) is 0.167. The molecule has 3 rings (SSSR count). The maximum atomic E-state index is 13.6. The zero-order valence-electron chi connectivity index (χ0n) is 11.5. The highest BCUT2D eigenvalue weighted by atomic mass is 19.1. The summed E-state index contributed by atoms with van der Waals surface area (Å²) in [5, 5.41) is 7.18. The van der Waals surface area contributed by atoms with E-state index in [0.29, 0.717) is 23.8 Å². The Kier molecular flexibility index (Phi) is 4.21. The van der Waals surface area contributed by atoms with E-state index in [9.17, 15) is 8.78 Å². The van der Waals surface area contributed by atoms with E-state index in [1.165, 1.54) is 12.1 Å². The van der Waals surface area contributed by atoms with Crippen LogP contribution in [0.15, 0.2) is 22.7 Å². The van der Waals surface area contributed by atoms with Crippen molar-refractivity contribution in [3.8, 4) is 0 Å². The number of rotatable bonds is 4. The lowest BCUT2D eigenvalue weighted by Gasteiger charge is -2.25. The lowest BCUT2D eigenvalue weighted by Crippen LogP contribution is -2.43. The van der Waals surface area contributed by atoms with Crippen LogP contribution in [-0.2, 0) is 13.0 Å². The zero-order valence-corrected chi connectivity index (χ0v) is 11.5. The van der Waals surface area contributed by atoms with Gasteiger partial charge in [0.2, 0.25) is 5.89 Å². The Hall–Kier alpha value is -1.86. The summed E-state index contributed by atoms with van der Waals surface area (Å²) in [6.45, 7) is 4.40. The van der Waals surface area contributed by atoms with E-state index in [2.05, 4.69) is 20.4 Å². The highest BCUT2D eigenvalue weighted by Gasteiger charge is 2.15. The molecule has 1 aliphatic heterocycles. The minimum absolute atomic E-state index is 0.167. The summed E-state index contributed by atoms with van der Waals surface area (Å²) in [7, 11) is 0. The smallest absolute Gasteiger partial charge is 0.231 e. The Labute approximate surface area is 120 Å². The molecule has 7 heteroatoms. The molecule has 0 spiro atoms. The first-order chi connectivity index (χ1) is 10.2. The van der Waals surface area contributed by atoms with E-state index in [4.69, 9.17) is 4.52 Å². The fraction of sp³-hybridized carbons (Fsp3) is 0.429. The molecule has 0 bridgehead atoms. The molecule has 1 aromatic carbocycles. The van der Waals surface area contributed by atoms with Crippen molar-refractivity contribution in [3.05, 3.63) is 47.1 Å². The molecule has 0 unspecified atom stereocenters. The molecule has 5 nitrogen and oxygen atoms in total. The van der Waals surface area contributed by atoms with Gasteiger partial charge in [-0.15, -0.1) is 0 Å². The number of halogens is 2. The Balaban J connectivity index is 1.64. The lowest BCUT2D eigenvalue weighted by molar-refractivity contribution is 0.224. The molecule has 1 aliphatic rings. The summed E-state index contributed by atoms with van der Waals surface area (Å²) >= 11 is 0. The van der Waals surface area contributed by atoms with E-state index in [1.54, 1.807) is 0 Å². The quantitative estimate of drug-likeness (QED) is 0.922. The zero-order chi connectivity index (χ0) is 14.7. The first kappa shape index (κ1) is 14.1. The molecule has 1 saturated heterocycles. The highest BCUT2D eigenvalue weighted by Crippen LogP contribution is 2.14. The number of hydrogen-bond donors (Lipinski definition) is 1. The van der Waals surface area contributed by atoms with Gasteiger partial charge in [0, 0.05) is 32.2 Å². The van der Waals surface area contributed by atoms with Gasteiger partial charge in [-0.05, 0) is 11.6 Å². The van der Waals surface area contributed by atoms with Crippen LogP contribution < -0.4 is 5.32 Å². The van der Waals surface area contributed by atoms with Gasteiger partial charge in [-0.3, -0.25) is 4.90 Å². The van der Waals surface area contributed by atoms with Gasteiger partial charge in [0.25, 0.3) is 0 Å². The average Bonchev–Trinajstić information content (AvgIpc) is 2.90. The van der Waals surface area contributed by atoms with Gasteiger partial charge >= 0.3 is 0 Å². The predicted molar refractivity (Wildman–Crippen MR) is 71.6 cm³/mol. The Morgan fingerprint density at radius 1 is 1.24 bits per heavy atom. The van der Waals surface area contributed by atoms with Crippen LogP contribution in [0.3, 0.4) is 0 Å². The van der Waals surface area contributed by atoms with E-state index in [-0.39, 0.29) is 6.42 Å². The number of nitrogens with zero attached hydrogens (tertiary/aromatic N) is 3. The van der Waals surface area contributed by atoms with Gasteiger partial charge in [-0.25, -0.2) is 8.78 Å². The third-order valence-corrected chi connectivity index (χ3v) is 3.44. The number of hydrogen-bond acceptors (Lipinski definition) is 5. The lowest BCUT2D eigenvalue weighted by atomic mass is 10.1. The summed E-state index contributed by atoms with van der Waals surface area (Å²) in [4.78, 5) is 6.49. The van der Waals surface area contributed by atoms with Crippen LogP contribution in [0.4, 0.5) is 8.78 Å². The molecular weight excluding hydrogens is 278 g/mol. The molecule has 2 heterocycles. The monoisotopic (exact) mass is 294 g/mol. The normalized spacial score (nSPS) is 16.3. The topological polar surface area (TPSA) is 54.2 Å². The maximum absolute atomic E-state index is 13.6. The second-order valence-corrected chi connectivity index (χ2v) is 5.04. The van der Waals surface area contributed by atoms with E-state index < -0.39 is 11.6 Å². The molecule has 1 N–H and O–H groups in total. The molecular formula is C14H16F2N4O. The van der Waals surface area contributed by atoms with Gasteiger partial charge in [-0.1, -0.05) is 11.2 Å².